The third kappa shape index (κ3) is 4.73. The molecule has 1 amide bonds. The summed E-state index contributed by atoms with van der Waals surface area (Å²) in [5.74, 6) is 0.344. The molecule has 0 bridgehead atoms. The molecule has 0 atom stereocenters. The molecule has 0 radical (unpaired) electrons. The van der Waals surface area contributed by atoms with Gasteiger partial charge < -0.3 is 10.1 Å². The highest BCUT2D eigenvalue weighted by atomic mass is 16.5. The molecule has 4 aromatic rings. The lowest BCUT2D eigenvalue weighted by Gasteiger charge is -2.19. The summed E-state index contributed by atoms with van der Waals surface area (Å²) < 4.78 is 5.94. The second-order valence-electron chi connectivity index (χ2n) is 6.87. The number of amides is 1. The van der Waals surface area contributed by atoms with Crippen molar-refractivity contribution in [1.82, 2.24) is 4.98 Å². The third-order valence-corrected chi connectivity index (χ3v) is 4.78. The number of pyridine rings is 1. The number of hydrogen-bond donors (Lipinski definition) is 1. The van der Waals surface area contributed by atoms with Crippen molar-refractivity contribution in [2.75, 3.05) is 5.32 Å². The molecule has 0 unspecified atom stereocenters. The minimum atomic E-state index is -0.448. The second-order valence-corrected chi connectivity index (χ2v) is 6.87. The van der Waals surface area contributed by atoms with Crippen LogP contribution in [-0.4, -0.2) is 10.9 Å². The summed E-state index contributed by atoms with van der Waals surface area (Å²) in [7, 11) is 0. The Balaban J connectivity index is 1.57. The average Bonchev–Trinajstić information content (AvgIpc) is 2.81. The van der Waals surface area contributed by atoms with Gasteiger partial charge in [0.05, 0.1) is 5.92 Å². The molecule has 1 aromatic heterocycles. The van der Waals surface area contributed by atoms with Crippen LogP contribution in [-0.2, 0) is 11.4 Å². The van der Waals surface area contributed by atoms with Gasteiger partial charge in [0.1, 0.15) is 6.61 Å². The second kappa shape index (κ2) is 9.52. The Morgan fingerprint density at radius 3 is 1.93 bits per heavy atom. The summed E-state index contributed by atoms with van der Waals surface area (Å²) in [6.45, 7) is 0.399. The lowest BCUT2D eigenvalue weighted by molar-refractivity contribution is -0.116. The highest BCUT2D eigenvalue weighted by molar-refractivity contribution is 5.98. The van der Waals surface area contributed by atoms with Crippen LogP contribution in [0.1, 0.15) is 22.6 Å². The van der Waals surface area contributed by atoms with E-state index in [1.54, 1.807) is 12.3 Å². The quantitative estimate of drug-likeness (QED) is 0.455. The Morgan fingerprint density at radius 2 is 1.33 bits per heavy atom. The largest absolute Gasteiger partial charge is 0.485 e. The van der Waals surface area contributed by atoms with Crippen LogP contribution in [0.4, 0.5) is 5.82 Å². The number of carbonyl (C=O) groups is 1. The maximum Gasteiger partial charge on any atom is 0.237 e. The van der Waals surface area contributed by atoms with E-state index >= 15 is 0 Å². The van der Waals surface area contributed by atoms with Gasteiger partial charge in [-0.25, -0.2) is 4.98 Å². The number of hydrogen-bond acceptors (Lipinski definition) is 3. The summed E-state index contributed by atoms with van der Waals surface area (Å²) in [6, 6.07) is 33.0. The Labute approximate surface area is 176 Å². The first-order valence-corrected chi connectivity index (χ1v) is 9.84. The number of anilines is 1. The fraction of sp³-hybridized carbons (Fsp3) is 0.0769. The number of nitrogens with one attached hydrogen (secondary N) is 1. The van der Waals surface area contributed by atoms with Crippen LogP contribution in [0.5, 0.6) is 5.75 Å². The zero-order valence-corrected chi connectivity index (χ0v) is 16.4. The molecule has 0 fully saturated rings. The third-order valence-electron chi connectivity index (χ3n) is 4.78. The van der Waals surface area contributed by atoms with E-state index in [2.05, 4.69) is 10.3 Å². The molecule has 0 saturated carbocycles. The maximum atomic E-state index is 13.3. The fourth-order valence-corrected chi connectivity index (χ4v) is 3.31. The highest BCUT2D eigenvalue weighted by Gasteiger charge is 2.24. The van der Waals surface area contributed by atoms with Gasteiger partial charge in [0.2, 0.25) is 5.91 Å². The molecular weight excluding hydrogens is 372 g/mol. The molecule has 0 aliphatic heterocycles. The molecule has 30 heavy (non-hydrogen) atoms. The van der Waals surface area contributed by atoms with E-state index < -0.39 is 5.92 Å². The molecule has 0 saturated heterocycles. The molecule has 0 aliphatic rings. The molecule has 1 heterocycles. The fourth-order valence-electron chi connectivity index (χ4n) is 3.31. The minimum Gasteiger partial charge on any atom is -0.485 e. The van der Waals surface area contributed by atoms with Crippen molar-refractivity contribution in [2.45, 2.75) is 12.5 Å². The maximum absolute atomic E-state index is 13.3. The molecule has 4 rings (SSSR count). The summed E-state index contributed by atoms with van der Waals surface area (Å²) in [5.41, 5.74) is 2.89. The van der Waals surface area contributed by atoms with E-state index in [4.69, 9.17) is 4.74 Å². The first-order valence-electron chi connectivity index (χ1n) is 9.84. The van der Waals surface area contributed by atoms with E-state index in [0.717, 1.165) is 16.7 Å². The monoisotopic (exact) mass is 394 g/mol. The number of carbonyl (C=O) groups excluding carboxylic acids is 1. The van der Waals surface area contributed by atoms with E-state index in [0.29, 0.717) is 18.2 Å². The van der Waals surface area contributed by atoms with Crippen molar-refractivity contribution in [3.8, 4) is 5.75 Å². The van der Waals surface area contributed by atoms with Crippen molar-refractivity contribution in [3.05, 3.63) is 126 Å². The van der Waals surface area contributed by atoms with Gasteiger partial charge in [0.15, 0.2) is 11.6 Å². The molecular formula is C26H22N2O2. The lowest BCUT2D eigenvalue weighted by atomic mass is 9.90. The standard InChI is InChI=1S/C26H22N2O2/c29-26(24(21-13-6-2-7-14-21)22-15-8-3-9-16-22)28-25-23(17-10-18-27-25)30-19-20-11-4-1-5-12-20/h1-18,24H,19H2,(H,27,28,29). The van der Waals surface area contributed by atoms with Crippen molar-refractivity contribution in [2.24, 2.45) is 0 Å². The zero-order chi connectivity index (χ0) is 20.6. The Hall–Kier alpha value is -3.92. The Morgan fingerprint density at radius 1 is 0.767 bits per heavy atom. The van der Waals surface area contributed by atoms with Crippen molar-refractivity contribution in [3.63, 3.8) is 0 Å². The number of rotatable bonds is 7. The number of benzene rings is 3. The highest BCUT2D eigenvalue weighted by Crippen LogP contribution is 2.28. The van der Waals surface area contributed by atoms with Crippen LogP contribution in [0, 0.1) is 0 Å². The van der Waals surface area contributed by atoms with E-state index in [1.807, 2.05) is 97.1 Å². The zero-order valence-electron chi connectivity index (χ0n) is 16.4. The Bertz CT molecular complexity index is 1040. The van der Waals surface area contributed by atoms with Gasteiger partial charge in [-0.2, -0.15) is 0 Å². The van der Waals surface area contributed by atoms with E-state index in [9.17, 15) is 4.79 Å². The minimum absolute atomic E-state index is 0.157. The number of ether oxygens (including phenoxy) is 1. The molecule has 4 heteroatoms. The first-order chi connectivity index (χ1) is 14.8. The molecule has 4 nitrogen and oxygen atoms in total. The van der Waals surface area contributed by atoms with Gasteiger partial charge >= 0.3 is 0 Å². The first kappa shape index (κ1) is 19.4. The molecule has 0 spiro atoms. The molecule has 148 valence electrons. The predicted octanol–water partition coefficient (Wildman–Crippen LogP) is 5.43. The van der Waals surface area contributed by atoms with Crippen LogP contribution in [0.15, 0.2) is 109 Å². The van der Waals surface area contributed by atoms with Crippen LogP contribution >= 0.6 is 0 Å². The summed E-state index contributed by atoms with van der Waals surface area (Å²) in [4.78, 5) is 17.7. The molecule has 3 aromatic carbocycles. The van der Waals surface area contributed by atoms with Gasteiger partial charge in [-0.1, -0.05) is 91.0 Å². The lowest BCUT2D eigenvalue weighted by Crippen LogP contribution is -2.23. The molecule has 1 N–H and O–H groups in total. The predicted molar refractivity (Wildman–Crippen MR) is 118 cm³/mol. The van der Waals surface area contributed by atoms with Gasteiger partial charge in [-0.15, -0.1) is 0 Å². The summed E-state index contributed by atoms with van der Waals surface area (Å²) >= 11 is 0. The molecule has 0 aliphatic carbocycles. The summed E-state index contributed by atoms with van der Waals surface area (Å²) in [5, 5.41) is 2.97. The normalized spacial score (nSPS) is 10.6. The summed E-state index contributed by atoms with van der Waals surface area (Å²) in [6.07, 6.45) is 1.64. The van der Waals surface area contributed by atoms with Crippen molar-refractivity contribution in [1.29, 1.82) is 0 Å². The van der Waals surface area contributed by atoms with Crippen LogP contribution in [0.3, 0.4) is 0 Å². The number of aromatic nitrogens is 1. The van der Waals surface area contributed by atoms with E-state index in [-0.39, 0.29) is 5.91 Å². The van der Waals surface area contributed by atoms with Gasteiger partial charge in [0.25, 0.3) is 0 Å². The van der Waals surface area contributed by atoms with Gasteiger partial charge in [0, 0.05) is 6.20 Å². The Kier molecular flexibility index (Phi) is 6.16. The topological polar surface area (TPSA) is 51.2 Å². The average molecular weight is 394 g/mol. The van der Waals surface area contributed by atoms with Crippen LogP contribution in [0.2, 0.25) is 0 Å². The van der Waals surface area contributed by atoms with Crippen LogP contribution in [0.25, 0.3) is 0 Å². The van der Waals surface area contributed by atoms with Gasteiger partial charge in [-0.3, -0.25) is 4.79 Å². The SMILES string of the molecule is O=C(Nc1ncccc1OCc1ccccc1)C(c1ccccc1)c1ccccc1. The van der Waals surface area contributed by atoms with Crippen molar-refractivity contribution < 1.29 is 9.53 Å². The van der Waals surface area contributed by atoms with Crippen molar-refractivity contribution >= 4 is 11.7 Å². The van der Waals surface area contributed by atoms with E-state index in [1.165, 1.54) is 0 Å². The van der Waals surface area contributed by atoms with Gasteiger partial charge in [-0.05, 0) is 28.8 Å². The number of nitrogens with zero attached hydrogens (tertiary/aromatic N) is 1. The van der Waals surface area contributed by atoms with Crippen LogP contribution < -0.4 is 10.1 Å². The smallest absolute Gasteiger partial charge is 0.237 e.